The molecule has 0 spiro atoms. The van der Waals surface area contributed by atoms with Crippen molar-refractivity contribution in [2.45, 2.75) is 25.9 Å². The Morgan fingerprint density at radius 2 is 2.00 bits per heavy atom. The third-order valence-electron chi connectivity index (χ3n) is 3.63. The van der Waals surface area contributed by atoms with Gasteiger partial charge >= 0.3 is 4.87 Å². The van der Waals surface area contributed by atoms with Gasteiger partial charge in [-0.05, 0) is 24.6 Å². The lowest BCUT2D eigenvalue weighted by molar-refractivity contribution is -0.129. The first-order chi connectivity index (χ1) is 11.8. The molecule has 0 aliphatic heterocycles. The van der Waals surface area contributed by atoms with Gasteiger partial charge < -0.3 is 15.2 Å². The van der Waals surface area contributed by atoms with Crippen molar-refractivity contribution in [3.05, 3.63) is 56.1 Å². The molecule has 1 unspecified atom stereocenters. The summed E-state index contributed by atoms with van der Waals surface area (Å²) in [5, 5.41) is 6.54. The average Bonchev–Trinajstić information content (AvgIpc) is 2.91. The van der Waals surface area contributed by atoms with E-state index in [9.17, 15) is 23.2 Å². The summed E-state index contributed by atoms with van der Waals surface area (Å²) in [5.74, 6) is -3.21. The smallest absolute Gasteiger partial charge is 0.307 e. The van der Waals surface area contributed by atoms with Crippen LogP contribution in [0.15, 0.2) is 28.4 Å². The van der Waals surface area contributed by atoms with Crippen LogP contribution in [0.5, 0.6) is 0 Å². The zero-order valence-corrected chi connectivity index (χ0v) is 14.5. The van der Waals surface area contributed by atoms with Gasteiger partial charge in [0.1, 0.15) is 6.04 Å². The number of rotatable bonds is 6. The summed E-state index contributed by atoms with van der Waals surface area (Å²) >= 11 is 1.04. The number of thiazole rings is 1. The summed E-state index contributed by atoms with van der Waals surface area (Å²) in [6, 6.07) is 1.82. The molecular weight excluding hydrogens is 352 g/mol. The molecule has 9 heteroatoms. The van der Waals surface area contributed by atoms with Crippen LogP contribution in [0.4, 0.5) is 8.78 Å². The highest BCUT2D eigenvalue weighted by Gasteiger charge is 2.23. The van der Waals surface area contributed by atoms with E-state index in [4.69, 9.17) is 0 Å². The number of carbonyl (C=O) groups is 2. The predicted octanol–water partition coefficient (Wildman–Crippen LogP) is 1.49. The summed E-state index contributed by atoms with van der Waals surface area (Å²) in [6.07, 6.45) is -0.0331. The molecule has 2 aromatic rings. The topological polar surface area (TPSA) is 80.2 Å². The molecule has 134 valence electrons. The van der Waals surface area contributed by atoms with E-state index >= 15 is 0 Å². The van der Waals surface area contributed by atoms with Gasteiger partial charge in [0.05, 0.1) is 0 Å². The van der Waals surface area contributed by atoms with Crippen molar-refractivity contribution in [3.8, 4) is 0 Å². The Hall–Kier alpha value is -2.55. The molecule has 1 heterocycles. The molecule has 2 N–H and O–H groups in total. The number of aromatic nitrogens is 1. The van der Waals surface area contributed by atoms with E-state index in [1.54, 1.807) is 12.3 Å². The number of nitrogens with one attached hydrogen (secondary N) is 2. The SMILES string of the molecule is CNC(=O)C(NC(=O)CCn1c(C)csc1=O)c1ccc(F)c(F)c1. The molecule has 2 rings (SSSR count). The van der Waals surface area contributed by atoms with Crippen LogP contribution in [0, 0.1) is 18.6 Å². The molecule has 6 nitrogen and oxygen atoms in total. The molecule has 2 amide bonds. The first kappa shape index (κ1) is 18.8. The maximum absolute atomic E-state index is 13.4. The van der Waals surface area contributed by atoms with Crippen LogP contribution in [-0.2, 0) is 16.1 Å². The fourth-order valence-electron chi connectivity index (χ4n) is 2.26. The third kappa shape index (κ3) is 4.50. The van der Waals surface area contributed by atoms with Gasteiger partial charge in [-0.1, -0.05) is 17.4 Å². The number of carbonyl (C=O) groups excluding carboxylic acids is 2. The lowest BCUT2D eigenvalue weighted by atomic mass is 10.1. The molecule has 25 heavy (non-hydrogen) atoms. The van der Waals surface area contributed by atoms with Gasteiger partial charge in [-0.3, -0.25) is 14.4 Å². The van der Waals surface area contributed by atoms with E-state index in [0.29, 0.717) is 0 Å². The Kier molecular flexibility index (Phi) is 6.02. The highest BCUT2D eigenvalue weighted by Crippen LogP contribution is 2.17. The summed E-state index contributed by atoms with van der Waals surface area (Å²) in [6.45, 7) is 1.92. The quantitative estimate of drug-likeness (QED) is 0.810. The van der Waals surface area contributed by atoms with Crippen LogP contribution < -0.4 is 15.5 Å². The normalized spacial score (nSPS) is 11.8. The second kappa shape index (κ2) is 8.02. The van der Waals surface area contributed by atoms with E-state index in [0.717, 1.165) is 29.2 Å². The Labute approximate surface area is 146 Å². The van der Waals surface area contributed by atoms with E-state index in [-0.39, 0.29) is 23.4 Å². The summed E-state index contributed by atoms with van der Waals surface area (Å²) in [7, 11) is 1.37. The van der Waals surface area contributed by atoms with Crippen LogP contribution in [0.1, 0.15) is 23.7 Å². The Balaban J connectivity index is 2.11. The van der Waals surface area contributed by atoms with Crippen LogP contribution in [0.25, 0.3) is 0 Å². The molecule has 0 fully saturated rings. The molecule has 0 saturated heterocycles. The number of likely N-dealkylation sites (N-methyl/N-ethyl adjacent to an activating group) is 1. The molecule has 0 radical (unpaired) electrons. The van der Waals surface area contributed by atoms with Crippen molar-refractivity contribution in [1.29, 1.82) is 0 Å². The largest absolute Gasteiger partial charge is 0.357 e. The molecule has 1 aromatic heterocycles. The van der Waals surface area contributed by atoms with Crippen molar-refractivity contribution >= 4 is 23.2 Å². The number of aryl methyl sites for hydroxylation is 1. The minimum atomic E-state index is -1.16. The van der Waals surface area contributed by atoms with Crippen molar-refractivity contribution in [1.82, 2.24) is 15.2 Å². The number of hydrogen-bond acceptors (Lipinski definition) is 4. The fraction of sp³-hybridized carbons (Fsp3) is 0.312. The van der Waals surface area contributed by atoms with Crippen molar-refractivity contribution in [2.24, 2.45) is 0 Å². The van der Waals surface area contributed by atoms with Crippen molar-refractivity contribution in [3.63, 3.8) is 0 Å². The Morgan fingerprint density at radius 1 is 1.28 bits per heavy atom. The van der Waals surface area contributed by atoms with Gasteiger partial charge in [-0.2, -0.15) is 0 Å². The molecule has 0 bridgehead atoms. The molecule has 1 aromatic carbocycles. The standard InChI is InChI=1S/C16H17F2N3O3S/c1-9-8-25-16(24)21(9)6-5-13(22)20-14(15(23)19-2)10-3-4-11(17)12(18)7-10/h3-4,7-8,14H,5-6H2,1-2H3,(H,19,23)(H,20,22). The maximum atomic E-state index is 13.4. The highest BCUT2D eigenvalue weighted by atomic mass is 32.1. The molecule has 0 saturated carbocycles. The summed E-state index contributed by atoms with van der Waals surface area (Å²) in [4.78, 5) is 35.6. The lowest BCUT2D eigenvalue weighted by Crippen LogP contribution is -2.39. The first-order valence-corrected chi connectivity index (χ1v) is 8.32. The Bertz CT molecular complexity index is 847. The molecule has 0 aliphatic rings. The van der Waals surface area contributed by atoms with Gasteiger partial charge in [-0.25, -0.2) is 8.78 Å². The van der Waals surface area contributed by atoms with Gasteiger partial charge in [0.25, 0.3) is 0 Å². The maximum Gasteiger partial charge on any atom is 0.307 e. The van der Waals surface area contributed by atoms with Crippen molar-refractivity contribution < 1.29 is 18.4 Å². The zero-order chi connectivity index (χ0) is 18.6. The monoisotopic (exact) mass is 369 g/mol. The highest BCUT2D eigenvalue weighted by molar-refractivity contribution is 7.07. The fourth-order valence-corrected chi connectivity index (χ4v) is 3.02. The van der Waals surface area contributed by atoms with Crippen molar-refractivity contribution in [2.75, 3.05) is 7.05 Å². The predicted molar refractivity (Wildman–Crippen MR) is 89.2 cm³/mol. The number of benzene rings is 1. The molecule has 0 aliphatic carbocycles. The molecular formula is C16H17F2N3O3S. The third-order valence-corrected chi connectivity index (χ3v) is 4.51. The van der Waals surface area contributed by atoms with Gasteiger partial charge in [-0.15, -0.1) is 0 Å². The first-order valence-electron chi connectivity index (χ1n) is 7.44. The lowest BCUT2D eigenvalue weighted by Gasteiger charge is -2.18. The van der Waals surface area contributed by atoms with E-state index in [1.807, 2.05) is 0 Å². The summed E-state index contributed by atoms with van der Waals surface area (Å²) < 4.78 is 27.9. The van der Waals surface area contributed by atoms with Crippen LogP contribution >= 0.6 is 11.3 Å². The second-order valence-electron chi connectivity index (χ2n) is 5.33. The number of amides is 2. The van der Waals surface area contributed by atoms with E-state index in [1.165, 1.54) is 17.7 Å². The van der Waals surface area contributed by atoms with Crippen LogP contribution in [0.3, 0.4) is 0 Å². The van der Waals surface area contributed by atoms with Crippen LogP contribution in [-0.4, -0.2) is 23.4 Å². The summed E-state index contributed by atoms with van der Waals surface area (Å²) in [5.41, 5.74) is 0.863. The molecule has 1 atom stereocenters. The van der Waals surface area contributed by atoms with Crippen LogP contribution in [0.2, 0.25) is 0 Å². The number of nitrogens with zero attached hydrogens (tertiary/aromatic N) is 1. The minimum absolute atomic E-state index is 0.0331. The second-order valence-corrected chi connectivity index (χ2v) is 6.15. The number of halogens is 2. The van der Waals surface area contributed by atoms with Gasteiger partial charge in [0.2, 0.25) is 11.8 Å². The van der Waals surface area contributed by atoms with Gasteiger partial charge in [0.15, 0.2) is 11.6 Å². The zero-order valence-electron chi connectivity index (χ0n) is 13.6. The average molecular weight is 369 g/mol. The van der Waals surface area contributed by atoms with Gasteiger partial charge in [0, 0.05) is 31.1 Å². The number of hydrogen-bond donors (Lipinski definition) is 2. The van der Waals surface area contributed by atoms with E-state index in [2.05, 4.69) is 10.6 Å². The Morgan fingerprint density at radius 3 is 2.56 bits per heavy atom. The van der Waals surface area contributed by atoms with E-state index < -0.39 is 29.5 Å². The minimum Gasteiger partial charge on any atom is -0.357 e.